The molecule has 0 saturated carbocycles. The molecule has 3 rings (SSSR count). The molecule has 0 aliphatic carbocycles. The van der Waals surface area contributed by atoms with Gasteiger partial charge in [-0.2, -0.15) is 10.5 Å². The van der Waals surface area contributed by atoms with Crippen LogP contribution in [-0.2, 0) is 13.0 Å². The van der Waals surface area contributed by atoms with Crippen molar-refractivity contribution in [3.63, 3.8) is 0 Å². The molecule has 5 heteroatoms. The molecule has 0 fully saturated rings. The van der Waals surface area contributed by atoms with Crippen LogP contribution in [0.1, 0.15) is 17.5 Å². The second-order valence-electron chi connectivity index (χ2n) is 5.87. The summed E-state index contributed by atoms with van der Waals surface area (Å²) >= 11 is 1.47. The molecule has 0 amide bonds. The molecule has 0 bridgehead atoms. The molecule has 4 nitrogen and oxygen atoms in total. The van der Waals surface area contributed by atoms with Gasteiger partial charge in [0, 0.05) is 6.54 Å². The molecule has 0 unspecified atom stereocenters. The number of hydrogen-bond acceptors (Lipinski definition) is 4. The monoisotopic (exact) mass is 346 g/mol. The van der Waals surface area contributed by atoms with Crippen molar-refractivity contribution in [2.24, 2.45) is 0 Å². The van der Waals surface area contributed by atoms with Gasteiger partial charge in [0.25, 0.3) is 0 Å². The highest BCUT2D eigenvalue weighted by molar-refractivity contribution is 8.00. The zero-order valence-electron chi connectivity index (χ0n) is 14.0. The van der Waals surface area contributed by atoms with Crippen molar-refractivity contribution in [2.45, 2.75) is 36.7 Å². The summed E-state index contributed by atoms with van der Waals surface area (Å²) in [4.78, 5) is 4.67. The minimum Gasteiger partial charge on any atom is -0.318 e. The number of imidazole rings is 1. The lowest BCUT2D eigenvalue weighted by molar-refractivity contribution is 0.666. The Bertz CT molecular complexity index is 944. The number of rotatable bonds is 6. The highest BCUT2D eigenvalue weighted by atomic mass is 32.2. The van der Waals surface area contributed by atoms with Gasteiger partial charge in [-0.25, -0.2) is 4.98 Å². The van der Waals surface area contributed by atoms with Crippen LogP contribution in [0.2, 0.25) is 0 Å². The maximum atomic E-state index is 9.58. The minimum absolute atomic E-state index is 0.222. The van der Waals surface area contributed by atoms with E-state index >= 15 is 0 Å². The Morgan fingerprint density at radius 1 is 1.12 bits per heavy atom. The summed E-state index contributed by atoms with van der Waals surface area (Å²) in [6.45, 7) is 2.64. The number of thioether (sulfide) groups is 1. The largest absolute Gasteiger partial charge is 0.318 e. The Morgan fingerprint density at radius 2 is 1.88 bits per heavy atom. The predicted octanol–water partition coefficient (Wildman–Crippen LogP) is 4.49. The highest BCUT2D eigenvalue weighted by Crippen LogP contribution is 2.29. The predicted molar refractivity (Wildman–Crippen MR) is 100 cm³/mol. The molecule has 124 valence electrons. The summed E-state index contributed by atoms with van der Waals surface area (Å²) in [5.74, 6) is 0. The molecule has 1 heterocycles. The van der Waals surface area contributed by atoms with Crippen molar-refractivity contribution in [3.8, 4) is 12.1 Å². The van der Waals surface area contributed by atoms with Gasteiger partial charge in [0.15, 0.2) is 5.16 Å². The van der Waals surface area contributed by atoms with E-state index in [1.54, 1.807) is 0 Å². The van der Waals surface area contributed by atoms with Crippen molar-refractivity contribution in [1.29, 1.82) is 10.5 Å². The number of para-hydroxylation sites is 2. The molecule has 0 aliphatic heterocycles. The van der Waals surface area contributed by atoms with Crippen molar-refractivity contribution >= 4 is 22.8 Å². The van der Waals surface area contributed by atoms with Crippen LogP contribution < -0.4 is 0 Å². The van der Waals surface area contributed by atoms with E-state index < -0.39 is 0 Å². The number of hydrogen-bond donors (Lipinski definition) is 0. The summed E-state index contributed by atoms with van der Waals surface area (Å²) in [5.41, 5.74) is 4.26. The number of nitriles is 2. The normalized spacial score (nSPS) is 11.8. The van der Waals surface area contributed by atoms with Crippen LogP contribution in [0.5, 0.6) is 0 Å². The van der Waals surface area contributed by atoms with Crippen LogP contribution >= 0.6 is 11.8 Å². The molecule has 0 radical (unpaired) electrons. The first-order chi connectivity index (χ1) is 12.2. The second kappa shape index (κ2) is 7.88. The van der Waals surface area contributed by atoms with Crippen LogP contribution in [0.3, 0.4) is 0 Å². The highest BCUT2D eigenvalue weighted by Gasteiger charge is 2.17. The van der Waals surface area contributed by atoms with E-state index in [4.69, 9.17) is 5.26 Å². The Hall–Kier alpha value is -2.76. The van der Waals surface area contributed by atoms with Gasteiger partial charge in [-0.3, -0.25) is 0 Å². The van der Waals surface area contributed by atoms with E-state index in [1.165, 1.54) is 17.3 Å². The fraction of sp³-hybridized carbons (Fsp3) is 0.250. The molecule has 1 atom stereocenters. The van der Waals surface area contributed by atoms with E-state index in [0.29, 0.717) is 19.4 Å². The molecule has 25 heavy (non-hydrogen) atoms. The van der Waals surface area contributed by atoms with Crippen molar-refractivity contribution in [3.05, 3.63) is 59.7 Å². The lowest BCUT2D eigenvalue weighted by Gasteiger charge is -2.11. The number of aryl methyl sites for hydroxylation is 2. The van der Waals surface area contributed by atoms with Crippen LogP contribution in [-0.4, -0.2) is 14.8 Å². The zero-order chi connectivity index (χ0) is 17.6. The lowest BCUT2D eigenvalue weighted by Crippen LogP contribution is -2.07. The van der Waals surface area contributed by atoms with Gasteiger partial charge in [-0.15, -0.1) is 0 Å². The summed E-state index contributed by atoms with van der Waals surface area (Å²) < 4.78 is 2.04. The van der Waals surface area contributed by atoms with Crippen LogP contribution in [0, 0.1) is 29.6 Å². The molecular weight excluding hydrogens is 328 g/mol. The maximum Gasteiger partial charge on any atom is 0.170 e. The van der Waals surface area contributed by atoms with E-state index in [9.17, 15) is 5.26 Å². The van der Waals surface area contributed by atoms with E-state index in [1.807, 2.05) is 28.8 Å². The lowest BCUT2D eigenvalue weighted by atomic mass is 10.1. The fourth-order valence-corrected chi connectivity index (χ4v) is 3.75. The molecule has 0 saturated heterocycles. The summed E-state index contributed by atoms with van der Waals surface area (Å²) in [5, 5.41) is 19.1. The maximum absolute atomic E-state index is 9.58. The van der Waals surface area contributed by atoms with E-state index in [-0.39, 0.29) is 5.25 Å². The average Bonchev–Trinajstić information content (AvgIpc) is 2.98. The topological polar surface area (TPSA) is 65.4 Å². The van der Waals surface area contributed by atoms with Crippen molar-refractivity contribution in [1.82, 2.24) is 9.55 Å². The third kappa shape index (κ3) is 4.02. The Kier molecular flexibility index (Phi) is 5.38. The number of benzene rings is 2. The summed E-state index contributed by atoms with van der Waals surface area (Å²) in [7, 11) is 0. The third-order valence-corrected chi connectivity index (χ3v) is 5.08. The van der Waals surface area contributed by atoms with Crippen molar-refractivity contribution < 1.29 is 0 Å². The quantitative estimate of drug-likeness (QED) is 0.617. The number of fused-ring (bicyclic) bond motifs is 1. The number of aromatic nitrogens is 2. The minimum atomic E-state index is -0.222. The molecule has 0 aliphatic rings. The fourth-order valence-electron chi connectivity index (χ4n) is 2.70. The van der Waals surface area contributed by atoms with Crippen LogP contribution in [0.4, 0.5) is 0 Å². The van der Waals surface area contributed by atoms with Crippen LogP contribution in [0.25, 0.3) is 11.0 Å². The first-order valence-corrected chi connectivity index (χ1v) is 9.03. The second-order valence-corrected chi connectivity index (χ2v) is 7.04. The van der Waals surface area contributed by atoms with Gasteiger partial charge in [0.2, 0.25) is 0 Å². The Morgan fingerprint density at radius 3 is 2.60 bits per heavy atom. The first kappa shape index (κ1) is 17.1. The smallest absolute Gasteiger partial charge is 0.170 e. The third-order valence-electron chi connectivity index (χ3n) is 4.00. The zero-order valence-corrected chi connectivity index (χ0v) is 14.8. The summed E-state index contributed by atoms with van der Waals surface area (Å²) in [6, 6.07) is 20.7. The first-order valence-electron chi connectivity index (χ1n) is 8.15. The van der Waals surface area contributed by atoms with Crippen LogP contribution in [0.15, 0.2) is 53.7 Å². The number of nitrogens with zero attached hydrogens (tertiary/aromatic N) is 4. The van der Waals surface area contributed by atoms with Gasteiger partial charge in [0.1, 0.15) is 5.25 Å². The molecule has 0 spiro atoms. The van der Waals surface area contributed by atoms with Crippen molar-refractivity contribution in [2.75, 3.05) is 0 Å². The standard InChI is InChI=1S/C20H18N4S/c1-15-7-9-16(10-8-15)13-17(14-22)25-20-23-18-5-2-3-6-19(18)24(20)12-4-11-21/h2-3,5-10,17H,4,12-13H2,1H3/t17-/m1/s1. The van der Waals surface area contributed by atoms with Gasteiger partial charge in [-0.05, 0) is 31.0 Å². The van der Waals surface area contributed by atoms with Gasteiger partial charge in [0.05, 0.1) is 29.6 Å². The molecule has 1 aromatic heterocycles. The summed E-state index contributed by atoms with van der Waals surface area (Å²) in [6.07, 6.45) is 1.09. The molecule has 2 aromatic carbocycles. The molecule has 3 aromatic rings. The molecule has 0 N–H and O–H groups in total. The van der Waals surface area contributed by atoms with E-state index in [0.717, 1.165) is 21.8 Å². The van der Waals surface area contributed by atoms with Gasteiger partial charge in [-0.1, -0.05) is 53.7 Å². The Balaban J connectivity index is 1.86. The Labute approximate surface area is 151 Å². The van der Waals surface area contributed by atoms with E-state index in [2.05, 4.69) is 48.3 Å². The molecular formula is C20H18N4S. The van der Waals surface area contributed by atoms with Gasteiger partial charge >= 0.3 is 0 Å². The van der Waals surface area contributed by atoms with Gasteiger partial charge < -0.3 is 4.57 Å². The average molecular weight is 346 g/mol. The SMILES string of the molecule is Cc1ccc(C[C@H](C#N)Sc2nc3ccccc3n2CCC#N)cc1.